The summed E-state index contributed by atoms with van der Waals surface area (Å²) in [6.07, 6.45) is 0. The normalized spacial score (nSPS) is 10.2. The Morgan fingerprint density at radius 1 is 0.900 bits per heavy atom. The summed E-state index contributed by atoms with van der Waals surface area (Å²) in [5, 5.41) is 7.64. The molecule has 0 unspecified atom stereocenters. The molecule has 2 rings (SSSR count). The Bertz CT molecular complexity index is 643. The number of rotatable bonds is 3. The van der Waals surface area contributed by atoms with Gasteiger partial charge >= 0.3 is 0 Å². The molecule has 102 valence electrons. The van der Waals surface area contributed by atoms with Gasteiger partial charge in [0.25, 0.3) is 0 Å². The van der Waals surface area contributed by atoms with Crippen molar-refractivity contribution in [3.63, 3.8) is 0 Å². The van der Waals surface area contributed by atoms with Crippen LogP contribution in [0.5, 0.6) is 0 Å². The van der Waals surface area contributed by atoms with Crippen molar-refractivity contribution >= 4 is 28.9 Å². The maximum Gasteiger partial charge on any atom is 0.104 e. The van der Waals surface area contributed by atoms with E-state index in [4.69, 9.17) is 23.2 Å². The van der Waals surface area contributed by atoms with Crippen LogP contribution in [-0.2, 0) is 0 Å². The molecule has 0 fully saturated rings. The molecule has 0 radical (unpaired) electrons. The molecule has 0 aliphatic rings. The zero-order valence-electron chi connectivity index (χ0n) is 11.0. The van der Waals surface area contributed by atoms with Crippen LogP contribution < -0.4 is 0 Å². The third-order valence-electron chi connectivity index (χ3n) is 3.19. The molecule has 0 amide bonds. The fourth-order valence-corrected chi connectivity index (χ4v) is 2.37. The molecule has 5 heteroatoms. The lowest BCUT2D eigenvalue weighted by atomic mass is 9.95. The van der Waals surface area contributed by atoms with E-state index in [1.54, 1.807) is 12.1 Å². The number of hydrogen-bond acceptors (Lipinski definition) is 2. The third-order valence-corrected chi connectivity index (χ3v) is 4.01. The highest BCUT2D eigenvalue weighted by Crippen LogP contribution is 2.26. The second kappa shape index (κ2) is 6.16. The van der Waals surface area contributed by atoms with Gasteiger partial charge in [-0.25, -0.2) is 0 Å². The van der Waals surface area contributed by atoms with Gasteiger partial charge in [0.2, 0.25) is 0 Å². The lowest BCUT2D eigenvalue weighted by molar-refractivity contribution is 1.20. The minimum Gasteiger partial charge on any atom is -0.123 e. The molecule has 0 aliphatic carbocycles. The monoisotopic (exact) mass is 306 g/mol. The van der Waals surface area contributed by atoms with Crippen molar-refractivity contribution < 1.29 is 0 Å². The van der Waals surface area contributed by atoms with Crippen molar-refractivity contribution in [3.8, 4) is 0 Å². The molecule has 0 saturated carbocycles. The van der Waals surface area contributed by atoms with Crippen molar-refractivity contribution in [2.45, 2.75) is 13.8 Å². The van der Waals surface area contributed by atoms with E-state index < -0.39 is 0 Å². The maximum atomic E-state index is 10.7. The molecule has 0 aromatic heterocycles. The lowest BCUT2D eigenvalue weighted by Gasteiger charge is -2.12. The predicted molar refractivity (Wildman–Crippen MR) is 83.8 cm³/mol. The van der Waals surface area contributed by atoms with Gasteiger partial charge in [-0.3, -0.25) is 0 Å². The van der Waals surface area contributed by atoms with Crippen LogP contribution in [0.4, 0.5) is 0 Å². The molecule has 2 aromatic carbocycles. The summed E-state index contributed by atoms with van der Waals surface area (Å²) in [7, 11) is 0. The van der Waals surface area contributed by atoms with E-state index in [9.17, 15) is 4.91 Å². The van der Waals surface area contributed by atoms with Crippen LogP contribution in [0.3, 0.4) is 0 Å². The Kier molecular flexibility index (Phi) is 4.53. The van der Waals surface area contributed by atoms with Crippen LogP contribution in [0.2, 0.25) is 10.0 Å². The van der Waals surface area contributed by atoms with E-state index in [0.717, 1.165) is 22.3 Å². The van der Waals surface area contributed by atoms with E-state index in [1.807, 2.05) is 38.1 Å². The highest BCUT2D eigenvalue weighted by atomic mass is 35.5. The van der Waals surface area contributed by atoms with Gasteiger partial charge in [-0.2, -0.15) is 0 Å². The number of hydrogen-bond donors (Lipinski definition) is 0. The van der Waals surface area contributed by atoms with Crippen LogP contribution in [0.15, 0.2) is 46.8 Å². The fourth-order valence-electron chi connectivity index (χ4n) is 2.02. The molecule has 0 heterocycles. The maximum absolute atomic E-state index is 10.7. The molecule has 0 atom stereocenters. The van der Waals surface area contributed by atoms with Gasteiger partial charge < -0.3 is 0 Å². The summed E-state index contributed by atoms with van der Waals surface area (Å²) in [4.78, 5) is 10.7. The van der Waals surface area contributed by atoms with Gasteiger partial charge in [0.1, 0.15) is 5.71 Å². The van der Waals surface area contributed by atoms with Crippen molar-refractivity contribution in [1.82, 2.24) is 0 Å². The molecule has 3 nitrogen and oxygen atoms in total. The fraction of sp³-hybridized carbons (Fsp3) is 0.133. The SMILES string of the molecule is Cc1c(Cl)cccc1C(=NN=O)c1cccc(Cl)c1C. The van der Waals surface area contributed by atoms with Crippen LogP contribution in [-0.4, -0.2) is 5.71 Å². The van der Waals surface area contributed by atoms with E-state index >= 15 is 0 Å². The number of nitroso groups, excluding NO2 is 1. The predicted octanol–water partition coefficient (Wildman–Crippen LogP) is 5.13. The Labute approximate surface area is 127 Å². The Morgan fingerprint density at radius 2 is 1.35 bits per heavy atom. The molecule has 0 spiro atoms. The van der Waals surface area contributed by atoms with Crippen LogP contribution in [0.1, 0.15) is 22.3 Å². The van der Waals surface area contributed by atoms with Crippen molar-refractivity contribution in [2.75, 3.05) is 0 Å². The molecule has 0 N–H and O–H groups in total. The molecule has 20 heavy (non-hydrogen) atoms. The average Bonchev–Trinajstić information content (AvgIpc) is 2.43. The molecular formula is C15H12Cl2N2O. The zero-order valence-corrected chi connectivity index (χ0v) is 12.5. The Hall–Kier alpha value is -1.71. The average molecular weight is 307 g/mol. The quantitative estimate of drug-likeness (QED) is 0.440. The number of halogens is 2. The molecule has 2 aromatic rings. The largest absolute Gasteiger partial charge is 0.123 e. The van der Waals surface area contributed by atoms with E-state index in [2.05, 4.69) is 10.4 Å². The highest BCUT2D eigenvalue weighted by Gasteiger charge is 2.15. The Morgan fingerprint density at radius 3 is 1.75 bits per heavy atom. The third kappa shape index (κ3) is 2.74. The molecule has 0 saturated heterocycles. The summed E-state index contributed by atoms with van der Waals surface area (Å²) in [6.45, 7) is 3.75. The number of benzene rings is 2. The number of nitrogens with zero attached hydrogens (tertiary/aromatic N) is 2. The lowest BCUT2D eigenvalue weighted by Crippen LogP contribution is -2.07. The van der Waals surface area contributed by atoms with Crippen LogP contribution in [0.25, 0.3) is 0 Å². The van der Waals surface area contributed by atoms with Gasteiger partial charge in [0.05, 0.1) is 5.29 Å². The van der Waals surface area contributed by atoms with Crippen LogP contribution >= 0.6 is 23.2 Å². The highest BCUT2D eigenvalue weighted by molar-refractivity contribution is 6.33. The first-order valence-corrected chi connectivity index (χ1v) is 6.73. The van der Waals surface area contributed by atoms with Gasteiger partial charge in [-0.05, 0) is 37.1 Å². The van der Waals surface area contributed by atoms with Crippen molar-refractivity contribution in [1.29, 1.82) is 0 Å². The van der Waals surface area contributed by atoms with Gasteiger partial charge in [0, 0.05) is 21.2 Å². The summed E-state index contributed by atoms with van der Waals surface area (Å²) >= 11 is 12.3. The first-order chi connectivity index (χ1) is 9.56. The minimum atomic E-state index is 0.472. The molecule has 0 aliphatic heterocycles. The van der Waals surface area contributed by atoms with Crippen molar-refractivity contribution in [3.05, 3.63) is 73.6 Å². The van der Waals surface area contributed by atoms with E-state index in [-0.39, 0.29) is 0 Å². The topological polar surface area (TPSA) is 41.8 Å². The summed E-state index contributed by atoms with van der Waals surface area (Å²) in [6, 6.07) is 10.9. The van der Waals surface area contributed by atoms with Gasteiger partial charge in [-0.15, -0.1) is 10.0 Å². The first kappa shape index (κ1) is 14.7. The Balaban J connectivity index is 2.70. The second-order valence-corrected chi connectivity index (χ2v) is 5.17. The molecular weight excluding hydrogens is 295 g/mol. The summed E-state index contributed by atoms with van der Waals surface area (Å²) in [5.41, 5.74) is 3.69. The summed E-state index contributed by atoms with van der Waals surface area (Å²) < 4.78 is 0. The summed E-state index contributed by atoms with van der Waals surface area (Å²) in [5.74, 6) is 0. The van der Waals surface area contributed by atoms with E-state index in [0.29, 0.717) is 15.8 Å². The smallest absolute Gasteiger partial charge is 0.104 e. The molecule has 0 bridgehead atoms. The first-order valence-electron chi connectivity index (χ1n) is 5.97. The zero-order chi connectivity index (χ0) is 14.7. The van der Waals surface area contributed by atoms with Gasteiger partial charge in [0.15, 0.2) is 0 Å². The minimum absolute atomic E-state index is 0.472. The van der Waals surface area contributed by atoms with Crippen LogP contribution in [0, 0.1) is 18.8 Å². The van der Waals surface area contributed by atoms with Gasteiger partial charge in [-0.1, -0.05) is 47.5 Å². The standard InChI is InChI=1S/C15H12Cl2N2O/c1-9-11(5-3-7-13(9)16)15(18-19-20)12-6-4-8-14(17)10(12)2/h3-8H,1-2H3. The van der Waals surface area contributed by atoms with E-state index in [1.165, 1.54) is 0 Å². The van der Waals surface area contributed by atoms with Crippen molar-refractivity contribution in [2.24, 2.45) is 10.4 Å². The second-order valence-electron chi connectivity index (χ2n) is 4.36.